The van der Waals surface area contributed by atoms with E-state index in [9.17, 15) is 4.39 Å². The first-order valence-corrected chi connectivity index (χ1v) is 5.71. The standard InChI is InChI=1S/C12H9Cl2FN2/c1-6-5-8(13)3-4-9(6)12-16-7(2)10(15)11(14)17-12/h3-5H,1-2H3. The summed E-state index contributed by atoms with van der Waals surface area (Å²) in [5.74, 6) is -0.176. The molecule has 0 fully saturated rings. The van der Waals surface area contributed by atoms with Crippen LogP contribution in [0.4, 0.5) is 4.39 Å². The van der Waals surface area contributed by atoms with E-state index in [1.54, 1.807) is 25.1 Å². The first-order valence-electron chi connectivity index (χ1n) is 4.95. The van der Waals surface area contributed by atoms with Crippen LogP contribution in [0, 0.1) is 19.7 Å². The molecule has 0 saturated carbocycles. The van der Waals surface area contributed by atoms with Gasteiger partial charge in [0.1, 0.15) is 0 Å². The number of aromatic nitrogens is 2. The van der Waals surface area contributed by atoms with E-state index in [1.165, 1.54) is 0 Å². The number of nitrogens with zero attached hydrogens (tertiary/aromatic N) is 2. The molecule has 0 atom stereocenters. The van der Waals surface area contributed by atoms with Gasteiger partial charge in [0.25, 0.3) is 0 Å². The Labute approximate surface area is 108 Å². The molecule has 2 rings (SSSR count). The van der Waals surface area contributed by atoms with E-state index in [2.05, 4.69) is 9.97 Å². The van der Waals surface area contributed by atoms with Gasteiger partial charge in [-0.1, -0.05) is 23.2 Å². The van der Waals surface area contributed by atoms with Crippen LogP contribution in [0.2, 0.25) is 10.2 Å². The smallest absolute Gasteiger partial charge is 0.181 e. The predicted octanol–water partition coefficient (Wildman–Crippen LogP) is 4.21. The van der Waals surface area contributed by atoms with Gasteiger partial charge >= 0.3 is 0 Å². The molecule has 0 bridgehead atoms. The lowest BCUT2D eigenvalue weighted by Crippen LogP contribution is -1.98. The van der Waals surface area contributed by atoms with Gasteiger partial charge < -0.3 is 0 Å². The molecule has 2 aromatic rings. The number of benzene rings is 1. The minimum absolute atomic E-state index is 0.165. The Morgan fingerprint density at radius 1 is 1.12 bits per heavy atom. The molecule has 0 radical (unpaired) electrons. The van der Waals surface area contributed by atoms with E-state index < -0.39 is 5.82 Å². The molecular formula is C12H9Cl2FN2. The van der Waals surface area contributed by atoms with Gasteiger partial charge in [0.05, 0.1) is 5.69 Å². The molecule has 0 saturated heterocycles. The van der Waals surface area contributed by atoms with E-state index in [0.717, 1.165) is 11.1 Å². The summed E-state index contributed by atoms with van der Waals surface area (Å²) in [5, 5.41) is 0.470. The normalized spacial score (nSPS) is 10.6. The molecule has 5 heteroatoms. The molecule has 2 nitrogen and oxygen atoms in total. The summed E-state index contributed by atoms with van der Waals surface area (Å²) in [5.41, 5.74) is 1.94. The molecule has 0 N–H and O–H groups in total. The Bertz CT molecular complexity index is 562. The molecule has 0 spiro atoms. The predicted molar refractivity (Wildman–Crippen MR) is 66.9 cm³/mol. The second-order valence-electron chi connectivity index (χ2n) is 3.70. The van der Waals surface area contributed by atoms with Crippen LogP contribution in [-0.4, -0.2) is 9.97 Å². The average molecular weight is 271 g/mol. The zero-order chi connectivity index (χ0) is 12.6. The Morgan fingerprint density at radius 3 is 2.41 bits per heavy atom. The van der Waals surface area contributed by atoms with Gasteiger partial charge in [0.2, 0.25) is 0 Å². The van der Waals surface area contributed by atoms with Crippen LogP contribution >= 0.6 is 23.2 Å². The lowest BCUT2D eigenvalue weighted by molar-refractivity contribution is 0.603. The summed E-state index contributed by atoms with van der Waals surface area (Å²) in [6, 6.07) is 5.33. The van der Waals surface area contributed by atoms with E-state index >= 15 is 0 Å². The van der Waals surface area contributed by atoms with Gasteiger partial charge in [-0.15, -0.1) is 0 Å². The minimum Gasteiger partial charge on any atom is -0.230 e. The fourth-order valence-electron chi connectivity index (χ4n) is 1.52. The first-order chi connectivity index (χ1) is 7.99. The highest BCUT2D eigenvalue weighted by Crippen LogP contribution is 2.25. The monoisotopic (exact) mass is 270 g/mol. The average Bonchev–Trinajstić information content (AvgIpc) is 2.25. The van der Waals surface area contributed by atoms with E-state index in [1.807, 2.05) is 6.92 Å². The second kappa shape index (κ2) is 4.59. The highest BCUT2D eigenvalue weighted by molar-refractivity contribution is 6.30. The maximum Gasteiger partial charge on any atom is 0.181 e. The summed E-state index contributed by atoms with van der Waals surface area (Å²) >= 11 is 11.6. The zero-order valence-corrected chi connectivity index (χ0v) is 10.8. The van der Waals surface area contributed by atoms with Gasteiger partial charge in [0, 0.05) is 10.6 Å². The summed E-state index contributed by atoms with van der Waals surface area (Å²) in [6.07, 6.45) is 0. The summed E-state index contributed by atoms with van der Waals surface area (Å²) < 4.78 is 13.3. The lowest BCUT2D eigenvalue weighted by Gasteiger charge is -2.07. The van der Waals surface area contributed by atoms with Crippen LogP contribution in [0.5, 0.6) is 0 Å². The third kappa shape index (κ3) is 2.40. The zero-order valence-electron chi connectivity index (χ0n) is 9.26. The molecule has 88 valence electrons. The van der Waals surface area contributed by atoms with Crippen molar-refractivity contribution in [3.63, 3.8) is 0 Å². The largest absolute Gasteiger partial charge is 0.230 e. The maximum absolute atomic E-state index is 13.3. The third-order valence-corrected chi connectivity index (χ3v) is 2.89. The molecule has 0 aliphatic heterocycles. The Morgan fingerprint density at radius 2 is 1.82 bits per heavy atom. The van der Waals surface area contributed by atoms with Gasteiger partial charge in [-0.3, -0.25) is 0 Å². The van der Waals surface area contributed by atoms with Crippen LogP contribution < -0.4 is 0 Å². The second-order valence-corrected chi connectivity index (χ2v) is 4.49. The number of aryl methyl sites for hydroxylation is 2. The molecule has 0 aliphatic rings. The number of rotatable bonds is 1. The molecule has 0 amide bonds. The highest BCUT2D eigenvalue weighted by Gasteiger charge is 2.12. The van der Waals surface area contributed by atoms with Crippen molar-refractivity contribution in [1.82, 2.24) is 9.97 Å². The fraction of sp³-hybridized carbons (Fsp3) is 0.167. The fourth-order valence-corrected chi connectivity index (χ4v) is 1.97. The minimum atomic E-state index is -0.581. The lowest BCUT2D eigenvalue weighted by atomic mass is 10.1. The van der Waals surface area contributed by atoms with Crippen molar-refractivity contribution in [2.45, 2.75) is 13.8 Å². The molecule has 1 heterocycles. The van der Waals surface area contributed by atoms with Crippen molar-refractivity contribution in [2.75, 3.05) is 0 Å². The van der Waals surface area contributed by atoms with Gasteiger partial charge in [-0.25, -0.2) is 14.4 Å². The van der Waals surface area contributed by atoms with Crippen LogP contribution in [0.15, 0.2) is 18.2 Å². The Balaban J connectivity index is 2.61. The van der Waals surface area contributed by atoms with Crippen molar-refractivity contribution in [1.29, 1.82) is 0 Å². The summed E-state index contributed by atoms with van der Waals surface area (Å²) in [4.78, 5) is 8.01. The summed E-state index contributed by atoms with van der Waals surface area (Å²) in [6.45, 7) is 3.44. The van der Waals surface area contributed by atoms with Crippen molar-refractivity contribution in [3.8, 4) is 11.4 Å². The van der Waals surface area contributed by atoms with E-state index in [4.69, 9.17) is 23.2 Å². The molecule has 0 aliphatic carbocycles. The topological polar surface area (TPSA) is 25.8 Å². The van der Waals surface area contributed by atoms with E-state index in [0.29, 0.717) is 10.8 Å². The number of halogens is 3. The summed E-state index contributed by atoms with van der Waals surface area (Å²) in [7, 11) is 0. The highest BCUT2D eigenvalue weighted by atomic mass is 35.5. The third-order valence-electron chi connectivity index (χ3n) is 2.41. The number of hydrogen-bond donors (Lipinski definition) is 0. The van der Waals surface area contributed by atoms with Crippen molar-refractivity contribution >= 4 is 23.2 Å². The van der Waals surface area contributed by atoms with Crippen molar-refractivity contribution in [2.24, 2.45) is 0 Å². The maximum atomic E-state index is 13.3. The van der Waals surface area contributed by atoms with Crippen LogP contribution in [0.25, 0.3) is 11.4 Å². The molecule has 1 aromatic carbocycles. The molecular weight excluding hydrogens is 262 g/mol. The van der Waals surface area contributed by atoms with Crippen LogP contribution in [0.3, 0.4) is 0 Å². The van der Waals surface area contributed by atoms with Gasteiger partial charge in [-0.2, -0.15) is 0 Å². The Kier molecular flexibility index (Phi) is 3.31. The van der Waals surface area contributed by atoms with Crippen molar-refractivity contribution < 1.29 is 4.39 Å². The van der Waals surface area contributed by atoms with E-state index in [-0.39, 0.29) is 10.8 Å². The Hall–Kier alpha value is -1.19. The van der Waals surface area contributed by atoms with Crippen molar-refractivity contribution in [3.05, 3.63) is 45.4 Å². The quantitative estimate of drug-likeness (QED) is 0.726. The molecule has 1 aromatic heterocycles. The van der Waals surface area contributed by atoms with Crippen LogP contribution in [-0.2, 0) is 0 Å². The van der Waals surface area contributed by atoms with Gasteiger partial charge in [-0.05, 0) is 37.6 Å². The SMILES string of the molecule is Cc1cc(Cl)ccc1-c1nc(C)c(F)c(Cl)n1. The number of hydrogen-bond acceptors (Lipinski definition) is 2. The van der Waals surface area contributed by atoms with Crippen LogP contribution in [0.1, 0.15) is 11.3 Å². The first kappa shape index (κ1) is 12.3. The molecule has 17 heavy (non-hydrogen) atoms. The molecule has 0 unspecified atom stereocenters. The van der Waals surface area contributed by atoms with Gasteiger partial charge in [0.15, 0.2) is 16.8 Å².